The lowest BCUT2D eigenvalue weighted by molar-refractivity contribution is 0.210. The van der Waals surface area contributed by atoms with Gasteiger partial charge in [0.05, 0.1) is 6.61 Å². The van der Waals surface area contributed by atoms with Crippen LogP contribution in [0.2, 0.25) is 0 Å². The predicted molar refractivity (Wildman–Crippen MR) is 88.1 cm³/mol. The average Bonchev–Trinajstić information content (AvgIpc) is 3.11. The first-order valence-electron chi connectivity index (χ1n) is 6.78. The van der Waals surface area contributed by atoms with E-state index in [1.807, 2.05) is 24.3 Å². The summed E-state index contributed by atoms with van der Waals surface area (Å²) in [5, 5.41) is 7.85. The van der Waals surface area contributed by atoms with E-state index in [0.717, 1.165) is 17.7 Å². The largest absolute Gasteiger partial charge is 0.493 e. The Morgan fingerprint density at radius 2 is 1.77 bits per heavy atom. The Morgan fingerprint density at radius 1 is 1.18 bits per heavy atom. The molecule has 1 aliphatic rings. The minimum atomic E-state index is -0.619. The Hall–Kier alpha value is -1.46. The van der Waals surface area contributed by atoms with Gasteiger partial charge in [-0.3, -0.25) is 0 Å². The van der Waals surface area contributed by atoms with Crippen LogP contribution >= 0.6 is 23.2 Å². The van der Waals surface area contributed by atoms with Gasteiger partial charge in [0.15, 0.2) is 0 Å². The first-order chi connectivity index (χ1) is 10.5. The van der Waals surface area contributed by atoms with Gasteiger partial charge in [-0.2, -0.15) is 0 Å². The monoisotopic (exact) mass is 344 g/mol. The van der Waals surface area contributed by atoms with E-state index in [9.17, 15) is 0 Å². The van der Waals surface area contributed by atoms with Gasteiger partial charge in [-0.05, 0) is 37.6 Å². The van der Waals surface area contributed by atoms with Gasteiger partial charge in [-0.25, -0.2) is 0 Å². The minimum Gasteiger partial charge on any atom is -0.493 e. The summed E-state index contributed by atoms with van der Waals surface area (Å²) < 4.78 is 5.05. The van der Waals surface area contributed by atoms with Crippen LogP contribution < -0.4 is 4.74 Å². The molecule has 1 aromatic carbocycles. The van der Waals surface area contributed by atoms with E-state index in [2.05, 4.69) is 10.3 Å². The summed E-state index contributed by atoms with van der Waals surface area (Å²) in [7, 11) is 2.97. The molecule has 0 spiro atoms. The van der Waals surface area contributed by atoms with Gasteiger partial charge in [0.2, 0.25) is 0 Å². The van der Waals surface area contributed by atoms with Gasteiger partial charge in [0.1, 0.15) is 35.7 Å². The number of alkyl halides is 2. The molecule has 0 aliphatic heterocycles. The van der Waals surface area contributed by atoms with Crippen molar-refractivity contribution in [3.63, 3.8) is 0 Å². The summed E-state index contributed by atoms with van der Waals surface area (Å²) in [6.07, 6.45) is 0.769. The molecule has 1 unspecified atom stereocenters. The number of rotatable bonds is 7. The first-order valence-corrected chi connectivity index (χ1v) is 7.54. The number of hydrogen-bond acceptors (Lipinski definition) is 5. The Labute approximate surface area is 139 Å². The second-order valence-electron chi connectivity index (χ2n) is 4.98. The molecule has 0 bridgehead atoms. The van der Waals surface area contributed by atoms with Crippen LogP contribution in [0.1, 0.15) is 18.9 Å². The van der Waals surface area contributed by atoms with Crippen molar-refractivity contribution < 1.29 is 14.4 Å². The molecule has 0 aromatic heterocycles. The summed E-state index contributed by atoms with van der Waals surface area (Å²) in [5.74, 6) is 0.940. The molecule has 0 heterocycles. The average molecular weight is 345 g/mol. The Kier molecular flexibility index (Phi) is 5.53. The van der Waals surface area contributed by atoms with Crippen molar-refractivity contribution in [2.45, 2.75) is 17.7 Å². The highest BCUT2D eigenvalue weighted by molar-refractivity contribution is 6.50. The summed E-state index contributed by atoms with van der Waals surface area (Å²) in [6.45, 7) is 2.30. The fraction of sp³-hybridized carbons (Fsp3) is 0.467. The van der Waals surface area contributed by atoms with Crippen molar-refractivity contribution in [2.24, 2.45) is 16.2 Å². The molecule has 1 atom stereocenters. The smallest absolute Gasteiger partial charge is 0.134 e. The quantitative estimate of drug-likeness (QED) is 0.431. The van der Waals surface area contributed by atoms with Gasteiger partial charge in [0, 0.05) is 11.5 Å². The lowest BCUT2D eigenvalue weighted by atomic mass is 10.1. The number of ether oxygens (including phenoxy) is 1. The molecule has 5 nitrogen and oxygen atoms in total. The molecule has 0 radical (unpaired) electrons. The number of halogens is 2. The van der Waals surface area contributed by atoms with Crippen LogP contribution in [0, 0.1) is 5.92 Å². The Balaban J connectivity index is 2.03. The van der Waals surface area contributed by atoms with E-state index < -0.39 is 4.33 Å². The van der Waals surface area contributed by atoms with E-state index >= 15 is 0 Å². The zero-order valence-electron chi connectivity index (χ0n) is 12.7. The maximum Gasteiger partial charge on any atom is 0.134 e. The van der Waals surface area contributed by atoms with Crippen LogP contribution in [0.5, 0.6) is 5.75 Å². The standard InChI is InChI=1S/C15H18Cl2N2O3/c1-10(18-20-2)14(19-21-3)11-4-6-13(7-5-11)22-9-12-8-15(12,16)17/h4-7,12H,8-9H2,1-3H3. The van der Waals surface area contributed by atoms with Gasteiger partial charge >= 0.3 is 0 Å². The van der Waals surface area contributed by atoms with E-state index in [0.29, 0.717) is 18.0 Å². The first kappa shape index (κ1) is 16.9. The van der Waals surface area contributed by atoms with Crippen molar-refractivity contribution in [1.82, 2.24) is 0 Å². The van der Waals surface area contributed by atoms with Crippen LogP contribution in [-0.2, 0) is 9.68 Å². The molecule has 120 valence electrons. The third-order valence-corrected chi connectivity index (χ3v) is 4.21. The van der Waals surface area contributed by atoms with Crippen molar-refractivity contribution in [3.05, 3.63) is 29.8 Å². The highest BCUT2D eigenvalue weighted by atomic mass is 35.5. The maximum atomic E-state index is 5.97. The normalized spacial score (nSPS) is 20.5. The van der Waals surface area contributed by atoms with E-state index in [4.69, 9.17) is 37.6 Å². The fourth-order valence-electron chi connectivity index (χ4n) is 1.96. The molecule has 7 heteroatoms. The van der Waals surface area contributed by atoms with Gasteiger partial charge < -0.3 is 14.4 Å². The Morgan fingerprint density at radius 3 is 2.27 bits per heavy atom. The lowest BCUT2D eigenvalue weighted by Crippen LogP contribution is -2.13. The number of hydrogen-bond donors (Lipinski definition) is 0. The molecule has 0 amide bonds. The van der Waals surface area contributed by atoms with Gasteiger partial charge in [-0.15, -0.1) is 23.2 Å². The van der Waals surface area contributed by atoms with E-state index in [-0.39, 0.29) is 5.92 Å². The fourth-order valence-corrected chi connectivity index (χ4v) is 2.45. The van der Waals surface area contributed by atoms with Crippen molar-refractivity contribution >= 4 is 34.6 Å². The van der Waals surface area contributed by atoms with Crippen LogP contribution in [0.15, 0.2) is 34.6 Å². The van der Waals surface area contributed by atoms with Gasteiger partial charge in [-0.1, -0.05) is 10.3 Å². The predicted octanol–water partition coefficient (Wildman–Crippen LogP) is 3.63. The second-order valence-corrected chi connectivity index (χ2v) is 6.52. The zero-order chi connectivity index (χ0) is 16.2. The van der Waals surface area contributed by atoms with Gasteiger partial charge in [0.25, 0.3) is 0 Å². The minimum absolute atomic E-state index is 0.192. The molecule has 22 heavy (non-hydrogen) atoms. The molecular formula is C15H18Cl2N2O3. The lowest BCUT2D eigenvalue weighted by Gasteiger charge is -2.08. The molecule has 1 aliphatic carbocycles. The molecular weight excluding hydrogens is 327 g/mol. The van der Waals surface area contributed by atoms with Crippen LogP contribution in [-0.4, -0.2) is 36.6 Å². The highest BCUT2D eigenvalue weighted by Gasteiger charge is 2.52. The topological polar surface area (TPSA) is 52.4 Å². The molecule has 1 aromatic rings. The summed E-state index contributed by atoms with van der Waals surface area (Å²) >= 11 is 11.9. The van der Waals surface area contributed by atoms with Crippen LogP contribution in [0.3, 0.4) is 0 Å². The van der Waals surface area contributed by atoms with E-state index in [1.165, 1.54) is 14.2 Å². The zero-order valence-corrected chi connectivity index (χ0v) is 14.2. The molecule has 0 saturated heterocycles. The third kappa shape index (κ3) is 4.27. The highest BCUT2D eigenvalue weighted by Crippen LogP contribution is 2.53. The molecule has 1 saturated carbocycles. The van der Waals surface area contributed by atoms with Crippen molar-refractivity contribution in [3.8, 4) is 5.75 Å². The summed E-state index contributed by atoms with van der Waals surface area (Å²) in [4.78, 5) is 9.63. The molecule has 0 N–H and O–H groups in total. The Bertz CT molecular complexity index is 571. The third-order valence-electron chi connectivity index (χ3n) is 3.29. The summed E-state index contributed by atoms with van der Waals surface area (Å²) in [6, 6.07) is 7.47. The molecule has 2 rings (SSSR count). The second kappa shape index (κ2) is 7.20. The van der Waals surface area contributed by atoms with Crippen LogP contribution in [0.25, 0.3) is 0 Å². The van der Waals surface area contributed by atoms with Crippen molar-refractivity contribution in [1.29, 1.82) is 0 Å². The number of oxime groups is 2. The van der Waals surface area contributed by atoms with Crippen LogP contribution in [0.4, 0.5) is 0 Å². The number of nitrogens with zero attached hydrogens (tertiary/aromatic N) is 2. The molecule has 1 fully saturated rings. The number of benzene rings is 1. The van der Waals surface area contributed by atoms with E-state index in [1.54, 1.807) is 6.92 Å². The SMILES string of the molecule is CON=C(C)C(=NOC)c1ccc(OCC2CC2(Cl)Cl)cc1. The summed E-state index contributed by atoms with van der Waals surface area (Å²) in [5.41, 5.74) is 2.06. The van der Waals surface area contributed by atoms with Crippen molar-refractivity contribution in [2.75, 3.05) is 20.8 Å². The maximum absolute atomic E-state index is 5.97.